The van der Waals surface area contributed by atoms with Crippen LogP contribution in [0.15, 0.2) is 24.3 Å². The first-order valence-electron chi connectivity index (χ1n) is 9.46. The van der Waals surface area contributed by atoms with Crippen molar-refractivity contribution in [2.24, 2.45) is 0 Å². The largest absolute Gasteiger partial charge is 0.356 e. The molecule has 0 N–H and O–H groups in total. The van der Waals surface area contributed by atoms with Crippen LogP contribution in [0.3, 0.4) is 0 Å². The van der Waals surface area contributed by atoms with E-state index in [0.717, 1.165) is 52.0 Å². The van der Waals surface area contributed by atoms with Crippen LogP contribution in [0, 0.1) is 0 Å². The molecule has 2 fully saturated rings. The molecule has 134 valence electrons. The van der Waals surface area contributed by atoms with Gasteiger partial charge in [0.1, 0.15) is 11.4 Å². The first-order valence-corrected chi connectivity index (χ1v) is 9.46. The molecule has 4 heteroatoms. The van der Waals surface area contributed by atoms with Crippen molar-refractivity contribution in [3.05, 3.63) is 24.3 Å². The van der Waals surface area contributed by atoms with Crippen molar-refractivity contribution < 1.29 is 9.47 Å². The Kier molecular flexibility index (Phi) is 5.07. The minimum atomic E-state index is -0.165. The van der Waals surface area contributed by atoms with Crippen LogP contribution in [0.4, 0.5) is 11.4 Å². The van der Waals surface area contributed by atoms with Gasteiger partial charge in [-0.05, 0) is 77.6 Å². The summed E-state index contributed by atoms with van der Waals surface area (Å²) in [4.78, 5) is 4.77. The summed E-state index contributed by atoms with van der Waals surface area (Å²) in [6.07, 6.45) is 4.47. The molecule has 2 heterocycles. The van der Waals surface area contributed by atoms with E-state index in [2.05, 4.69) is 61.8 Å². The fourth-order valence-corrected chi connectivity index (χ4v) is 4.35. The summed E-state index contributed by atoms with van der Waals surface area (Å²) in [7, 11) is 0. The van der Waals surface area contributed by atoms with Crippen molar-refractivity contribution in [1.29, 1.82) is 0 Å². The van der Waals surface area contributed by atoms with Gasteiger partial charge in [-0.2, -0.15) is 0 Å². The molecule has 2 saturated heterocycles. The molecule has 0 amide bonds. The highest BCUT2D eigenvalue weighted by Crippen LogP contribution is 2.36. The fourth-order valence-electron chi connectivity index (χ4n) is 4.35. The number of hydrogen-bond donors (Lipinski definition) is 0. The summed E-state index contributed by atoms with van der Waals surface area (Å²) < 4.78 is 12.1. The maximum Gasteiger partial charge on any atom is 0.138 e. The zero-order valence-corrected chi connectivity index (χ0v) is 15.7. The summed E-state index contributed by atoms with van der Waals surface area (Å²) in [5.41, 5.74) is 2.14. The van der Waals surface area contributed by atoms with Crippen molar-refractivity contribution in [3.63, 3.8) is 0 Å². The molecule has 2 aliphatic heterocycles. The molecule has 0 spiro atoms. The van der Waals surface area contributed by atoms with Gasteiger partial charge in [0, 0.05) is 37.7 Å². The Bertz CT molecular complexity index is 482. The van der Waals surface area contributed by atoms with Crippen molar-refractivity contribution in [3.8, 4) is 0 Å². The molecule has 2 atom stereocenters. The first kappa shape index (κ1) is 17.6. The summed E-state index contributed by atoms with van der Waals surface area (Å²) in [6.45, 7) is 12.5. The second-order valence-corrected chi connectivity index (χ2v) is 7.26. The number of ether oxygens (including phenoxy) is 2. The first-order chi connectivity index (χ1) is 11.5. The monoisotopic (exact) mass is 332 g/mol. The number of benzene rings is 1. The van der Waals surface area contributed by atoms with Crippen LogP contribution in [-0.4, -0.2) is 37.8 Å². The SMILES string of the molecule is CCN(c1ccc(N(CC)C2(C)CCCO2)cc1)C1(C)CCCO1. The summed E-state index contributed by atoms with van der Waals surface area (Å²) in [6, 6.07) is 8.92. The minimum Gasteiger partial charge on any atom is -0.356 e. The van der Waals surface area contributed by atoms with Crippen LogP contribution >= 0.6 is 0 Å². The highest BCUT2D eigenvalue weighted by atomic mass is 16.5. The molecule has 2 aliphatic rings. The van der Waals surface area contributed by atoms with Crippen LogP contribution < -0.4 is 9.80 Å². The molecule has 0 bridgehead atoms. The third-order valence-electron chi connectivity index (χ3n) is 5.64. The van der Waals surface area contributed by atoms with E-state index in [4.69, 9.17) is 9.47 Å². The van der Waals surface area contributed by atoms with E-state index in [1.807, 2.05) is 0 Å². The molecule has 1 aromatic rings. The van der Waals surface area contributed by atoms with Gasteiger partial charge in [0.25, 0.3) is 0 Å². The standard InChI is InChI=1S/C20H32N2O2/c1-5-21(19(3)13-7-15-23-19)17-9-11-18(12-10-17)22(6-2)20(4)14-8-16-24-20/h9-12H,5-8,13-16H2,1-4H3. The molecule has 3 rings (SSSR count). The molecule has 0 saturated carbocycles. The predicted molar refractivity (Wildman–Crippen MR) is 99.7 cm³/mol. The Morgan fingerprint density at radius 2 is 1.17 bits per heavy atom. The second-order valence-electron chi connectivity index (χ2n) is 7.26. The van der Waals surface area contributed by atoms with E-state index in [-0.39, 0.29) is 11.4 Å². The lowest BCUT2D eigenvalue weighted by Crippen LogP contribution is -2.46. The number of nitrogens with zero attached hydrogens (tertiary/aromatic N) is 2. The average Bonchev–Trinajstić information content (AvgIpc) is 3.20. The topological polar surface area (TPSA) is 24.9 Å². The van der Waals surface area contributed by atoms with Crippen molar-refractivity contribution in [2.45, 2.75) is 64.8 Å². The van der Waals surface area contributed by atoms with E-state index < -0.39 is 0 Å². The predicted octanol–water partition coefficient (Wildman–Crippen LogP) is 4.39. The lowest BCUT2D eigenvalue weighted by atomic mass is 10.1. The minimum absolute atomic E-state index is 0.165. The van der Waals surface area contributed by atoms with Gasteiger partial charge in [0.2, 0.25) is 0 Å². The molecule has 4 nitrogen and oxygen atoms in total. The van der Waals surface area contributed by atoms with Gasteiger partial charge >= 0.3 is 0 Å². The Hall–Kier alpha value is -1.26. The van der Waals surface area contributed by atoms with Crippen LogP contribution in [0.5, 0.6) is 0 Å². The van der Waals surface area contributed by atoms with Gasteiger partial charge < -0.3 is 19.3 Å². The van der Waals surface area contributed by atoms with Gasteiger partial charge in [0.05, 0.1) is 0 Å². The Morgan fingerprint density at radius 1 is 0.792 bits per heavy atom. The summed E-state index contributed by atoms with van der Waals surface area (Å²) >= 11 is 0. The molecule has 0 aromatic heterocycles. The summed E-state index contributed by atoms with van der Waals surface area (Å²) in [5.74, 6) is 0. The van der Waals surface area contributed by atoms with Crippen molar-refractivity contribution in [2.75, 3.05) is 36.1 Å². The summed E-state index contributed by atoms with van der Waals surface area (Å²) in [5, 5.41) is 0. The zero-order valence-electron chi connectivity index (χ0n) is 15.7. The highest BCUT2D eigenvalue weighted by molar-refractivity contribution is 5.58. The van der Waals surface area contributed by atoms with Gasteiger partial charge in [-0.3, -0.25) is 0 Å². The number of anilines is 2. The average molecular weight is 332 g/mol. The zero-order chi connectivity index (χ0) is 17.2. The van der Waals surface area contributed by atoms with E-state index >= 15 is 0 Å². The van der Waals surface area contributed by atoms with Crippen LogP contribution in [0.2, 0.25) is 0 Å². The maximum atomic E-state index is 6.04. The third kappa shape index (κ3) is 3.14. The lowest BCUT2D eigenvalue weighted by molar-refractivity contribution is 0.0174. The van der Waals surface area contributed by atoms with E-state index in [9.17, 15) is 0 Å². The van der Waals surface area contributed by atoms with Crippen LogP contribution in [-0.2, 0) is 9.47 Å². The van der Waals surface area contributed by atoms with Gasteiger partial charge in [0.15, 0.2) is 0 Å². The molecule has 0 aliphatic carbocycles. The molecule has 0 radical (unpaired) electrons. The third-order valence-corrected chi connectivity index (χ3v) is 5.64. The van der Waals surface area contributed by atoms with Crippen LogP contribution in [0.1, 0.15) is 53.4 Å². The highest BCUT2D eigenvalue weighted by Gasteiger charge is 2.37. The van der Waals surface area contributed by atoms with Crippen molar-refractivity contribution >= 4 is 11.4 Å². The smallest absolute Gasteiger partial charge is 0.138 e. The lowest BCUT2D eigenvalue weighted by Gasteiger charge is -2.40. The quantitative estimate of drug-likeness (QED) is 0.771. The van der Waals surface area contributed by atoms with E-state index in [1.165, 1.54) is 11.4 Å². The van der Waals surface area contributed by atoms with Gasteiger partial charge in [-0.15, -0.1) is 0 Å². The number of rotatable bonds is 6. The molecule has 2 unspecified atom stereocenters. The second kappa shape index (κ2) is 6.93. The van der Waals surface area contributed by atoms with Gasteiger partial charge in [-0.25, -0.2) is 0 Å². The Balaban J connectivity index is 1.81. The van der Waals surface area contributed by atoms with Crippen LogP contribution in [0.25, 0.3) is 0 Å². The maximum absolute atomic E-state index is 6.04. The van der Waals surface area contributed by atoms with Crippen molar-refractivity contribution in [1.82, 2.24) is 0 Å². The fraction of sp³-hybridized carbons (Fsp3) is 0.700. The molecular formula is C20H32N2O2. The van der Waals surface area contributed by atoms with E-state index in [0.29, 0.717) is 0 Å². The Morgan fingerprint density at radius 3 is 1.42 bits per heavy atom. The normalized spacial score (nSPS) is 29.8. The van der Waals surface area contributed by atoms with Gasteiger partial charge in [-0.1, -0.05) is 0 Å². The molecular weight excluding hydrogens is 300 g/mol. The Labute approximate surface area is 146 Å². The molecule has 1 aromatic carbocycles. The molecule has 24 heavy (non-hydrogen) atoms. The number of hydrogen-bond acceptors (Lipinski definition) is 4. The van der Waals surface area contributed by atoms with E-state index in [1.54, 1.807) is 0 Å².